The fourth-order valence-electron chi connectivity index (χ4n) is 0. The van der Waals surface area contributed by atoms with Crippen molar-refractivity contribution in [3.8, 4) is 0 Å². The Hall–Kier alpha value is 2.58. The van der Waals surface area contributed by atoms with Gasteiger partial charge in [-0.15, -0.1) is 0 Å². The third kappa shape index (κ3) is 55.8. The van der Waals surface area contributed by atoms with Crippen LogP contribution in [0.5, 0.6) is 0 Å². The fraction of sp³-hybridized carbons (Fsp3) is 0. The van der Waals surface area contributed by atoms with E-state index in [9.17, 15) is 4.55 Å². The van der Waals surface area contributed by atoms with Gasteiger partial charge in [0.05, 0.1) is 0 Å². The molecule has 0 aliphatic rings. The van der Waals surface area contributed by atoms with E-state index in [0.717, 1.165) is 0 Å². The smallest absolute Gasteiger partial charge is 0.809 e. The van der Waals surface area contributed by atoms with Crippen LogP contribution >= 0.6 is 0 Å². The van der Waals surface area contributed by atoms with Crippen LogP contribution in [0, 0.1) is 0 Å². The van der Waals surface area contributed by atoms with Crippen molar-refractivity contribution in [1.29, 1.82) is 0 Å². The molecule has 7 heavy (non-hydrogen) atoms. The van der Waals surface area contributed by atoms with Crippen molar-refractivity contribution in [1.82, 2.24) is 0 Å². The van der Waals surface area contributed by atoms with Crippen LogP contribution in [-0.4, -0.2) is 4.55 Å². The van der Waals surface area contributed by atoms with Crippen molar-refractivity contribution in [2.75, 3.05) is 0 Å². The summed E-state index contributed by atoms with van der Waals surface area (Å²) in [6.07, 6.45) is 0. The topological polar surface area (TPSA) is 23.1 Å². The molecule has 0 spiro atoms. The largest absolute Gasteiger partial charge is 1.00 e. The van der Waals surface area contributed by atoms with E-state index in [1.165, 1.54) is 0 Å². The zero-order chi connectivity index (χ0) is 4.50. The minimum absolute atomic E-state index is 0. The molecule has 0 bridgehead atoms. The average molecular weight is 360 g/mol. The molecule has 0 aromatic rings. The summed E-state index contributed by atoms with van der Waals surface area (Å²) < 4.78 is 9.63. The molecule has 0 saturated carbocycles. The molecule has 0 unspecified atom stereocenters. The molecule has 0 aliphatic heterocycles. The Morgan fingerprint density at radius 3 is 1.29 bits per heavy atom. The third-order valence-electron chi connectivity index (χ3n) is 0. The Morgan fingerprint density at radius 1 is 1.29 bits per heavy atom. The van der Waals surface area contributed by atoms with Crippen LogP contribution in [0.15, 0.2) is 0 Å². The van der Waals surface area contributed by atoms with Crippen molar-refractivity contribution >= 4 is 40.5 Å². The summed E-state index contributed by atoms with van der Waals surface area (Å²) in [5, 5.41) is 0. The van der Waals surface area contributed by atoms with Crippen molar-refractivity contribution in [3.05, 3.63) is 0 Å². The molecular weight excluding hydrogens is 360 g/mol. The van der Waals surface area contributed by atoms with Gasteiger partial charge in [-0.05, 0) is 0 Å². The van der Waals surface area contributed by atoms with Gasteiger partial charge >= 0.3 is 44.8 Å². The van der Waals surface area contributed by atoms with Crippen LogP contribution < -0.4 is 0 Å². The van der Waals surface area contributed by atoms with E-state index >= 15 is 0 Å². The predicted molar refractivity (Wildman–Crippen MR) is 30.2 cm³/mol. The van der Waals surface area contributed by atoms with Gasteiger partial charge in [-0.25, -0.2) is 0 Å². The summed E-state index contributed by atoms with van der Waals surface area (Å²) in [4.78, 5) is 0. The standard InChI is InChI=1S/2Ag.H2OS4/c;;1-5(2,3)4/h;;(H2,1,2,3,4)/q2*+1;/p-2. The SMILES string of the molecule is [Ag+].[Ag+].[O-]S(=S)(=S)[S-]. The van der Waals surface area contributed by atoms with E-state index in [-0.39, 0.29) is 44.8 Å². The average Bonchev–Trinajstić information content (AvgIpc) is 0.722. The molecule has 52 valence electrons. The minimum atomic E-state index is -2.67. The van der Waals surface area contributed by atoms with Crippen molar-refractivity contribution in [2.24, 2.45) is 0 Å². The summed E-state index contributed by atoms with van der Waals surface area (Å²) in [5.41, 5.74) is 0. The van der Waals surface area contributed by atoms with Gasteiger partial charge in [-0.2, -0.15) is 0 Å². The van der Waals surface area contributed by atoms with Gasteiger partial charge in [0.15, 0.2) is 0 Å². The quantitative estimate of drug-likeness (QED) is 0.335. The second-order valence-electron chi connectivity index (χ2n) is 0.408. The van der Waals surface area contributed by atoms with Crippen LogP contribution in [0.4, 0.5) is 0 Å². The second-order valence-corrected chi connectivity index (χ2v) is 7.35. The zero-order valence-electron chi connectivity index (χ0n) is 2.64. The third-order valence-corrected chi connectivity index (χ3v) is 0. The van der Waals surface area contributed by atoms with E-state index < -0.39 is 6.46 Å². The summed E-state index contributed by atoms with van der Waals surface area (Å²) >= 11 is 12.0. The fourth-order valence-corrected chi connectivity index (χ4v) is 0. The molecule has 0 aliphatic carbocycles. The molecule has 0 aromatic carbocycles. The maximum atomic E-state index is 9.63. The van der Waals surface area contributed by atoms with Crippen LogP contribution in [0.3, 0.4) is 0 Å². The van der Waals surface area contributed by atoms with Gasteiger partial charge in [0.1, 0.15) is 0 Å². The van der Waals surface area contributed by atoms with Crippen LogP contribution in [0.2, 0.25) is 0 Å². The van der Waals surface area contributed by atoms with Crippen molar-refractivity contribution in [3.63, 3.8) is 0 Å². The molecule has 0 fully saturated rings. The summed E-state index contributed by atoms with van der Waals surface area (Å²) in [5.74, 6) is 0. The van der Waals surface area contributed by atoms with Gasteiger partial charge in [-0.3, -0.25) is 6.46 Å². The van der Waals surface area contributed by atoms with E-state index in [0.29, 0.717) is 0 Å². The molecule has 1 nitrogen and oxygen atoms in total. The normalized spacial score (nSPS) is 8.29. The van der Waals surface area contributed by atoms with Crippen LogP contribution in [0.1, 0.15) is 0 Å². The summed E-state index contributed by atoms with van der Waals surface area (Å²) in [6, 6.07) is 0. The number of rotatable bonds is 0. The van der Waals surface area contributed by atoms with Crippen molar-refractivity contribution in [2.45, 2.75) is 0 Å². The van der Waals surface area contributed by atoms with Gasteiger partial charge in [-0.1, -0.05) is 22.4 Å². The van der Waals surface area contributed by atoms with Gasteiger partial charge in [0.2, 0.25) is 0 Å². The summed E-state index contributed by atoms with van der Waals surface area (Å²) in [7, 11) is 0. The van der Waals surface area contributed by atoms with Gasteiger partial charge in [0, 0.05) is 0 Å². The minimum Gasteiger partial charge on any atom is -0.809 e. The van der Waals surface area contributed by atoms with Crippen molar-refractivity contribution < 1.29 is 49.3 Å². The van der Waals surface area contributed by atoms with Gasteiger partial charge in [0.25, 0.3) is 0 Å². The first-order valence-corrected chi connectivity index (χ1v) is 5.00. The first-order valence-electron chi connectivity index (χ1n) is 0.667. The predicted octanol–water partition coefficient (Wildman–Crippen LogP) is -0.349. The van der Waals surface area contributed by atoms with E-state index in [1.807, 2.05) is 0 Å². The molecule has 0 atom stereocenters. The van der Waals surface area contributed by atoms with E-state index in [4.69, 9.17) is 0 Å². The molecule has 0 N–H and O–H groups in total. The molecule has 0 rings (SSSR count). The molecular formula is Ag2OS4. The monoisotopic (exact) mass is 358 g/mol. The first-order chi connectivity index (χ1) is 2.00. The number of hydrogen-bond donors (Lipinski definition) is 0. The Kier molecular flexibility index (Phi) is 15.6. The van der Waals surface area contributed by atoms with E-state index in [1.54, 1.807) is 0 Å². The maximum absolute atomic E-state index is 9.63. The summed E-state index contributed by atoms with van der Waals surface area (Å²) in [6.45, 7) is -2.67. The Morgan fingerprint density at radius 2 is 1.29 bits per heavy atom. The second kappa shape index (κ2) is 6.70. The zero-order valence-corrected chi connectivity index (χ0v) is 8.87. The van der Waals surface area contributed by atoms with Crippen LogP contribution in [0.25, 0.3) is 0 Å². The first kappa shape index (κ1) is 16.3. The van der Waals surface area contributed by atoms with Crippen LogP contribution in [-0.2, 0) is 85.3 Å². The molecule has 7 heteroatoms. The molecule has 0 aromatic heterocycles. The van der Waals surface area contributed by atoms with E-state index in [2.05, 4.69) is 34.0 Å². The molecule has 0 heterocycles. The van der Waals surface area contributed by atoms with Gasteiger partial charge < -0.3 is 16.2 Å². The Bertz CT molecular complexity index is 92.9. The Balaban J connectivity index is -0.0000000800. The Labute approximate surface area is 88.5 Å². The molecule has 0 saturated heterocycles. The molecule has 0 radical (unpaired) electrons. The molecule has 0 amide bonds. The number of hydrogen-bond acceptors (Lipinski definition) is 4. The maximum Gasteiger partial charge on any atom is 1.00 e.